The van der Waals surface area contributed by atoms with Crippen LogP contribution in [0, 0.1) is 0 Å². The maximum atomic E-state index is 11.2. The van der Waals surface area contributed by atoms with Gasteiger partial charge in [0.1, 0.15) is 5.84 Å². The van der Waals surface area contributed by atoms with E-state index < -0.39 is 6.03 Å². The van der Waals surface area contributed by atoms with E-state index in [0.717, 1.165) is 25.8 Å². The molecule has 0 aromatic rings. The lowest BCUT2D eigenvalue weighted by Crippen LogP contribution is -2.46. The van der Waals surface area contributed by atoms with Crippen LogP contribution in [0.25, 0.3) is 0 Å². The van der Waals surface area contributed by atoms with Crippen LogP contribution in [0.3, 0.4) is 0 Å². The van der Waals surface area contributed by atoms with E-state index in [1.807, 2.05) is 0 Å². The van der Waals surface area contributed by atoms with Crippen LogP contribution in [0.15, 0.2) is 4.99 Å². The van der Waals surface area contributed by atoms with Gasteiger partial charge in [0.25, 0.3) is 0 Å². The molecule has 3 amide bonds. The molecule has 1 atom stereocenters. The Kier molecular flexibility index (Phi) is 4.08. The summed E-state index contributed by atoms with van der Waals surface area (Å²) in [6.07, 6.45) is 2.57. The number of hydrogen-bond acceptors (Lipinski definition) is 2. The summed E-state index contributed by atoms with van der Waals surface area (Å²) in [5, 5.41) is 2.71. The highest BCUT2D eigenvalue weighted by Crippen LogP contribution is 2.08. The predicted molar refractivity (Wildman–Crippen MR) is 56.5 cm³/mol. The molecule has 0 aromatic heterocycles. The Labute approximate surface area is 88.5 Å². The van der Waals surface area contributed by atoms with Crippen molar-refractivity contribution < 1.29 is 9.59 Å². The maximum Gasteiger partial charge on any atom is 0.342 e. The van der Waals surface area contributed by atoms with Gasteiger partial charge in [-0.3, -0.25) is 4.79 Å². The topological polar surface area (TPSA) is 87.8 Å². The smallest absolute Gasteiger partial charge is 0.342 e. The number of urea groups is 1. The minimum absolute atomic E-state index is 0.0143. The molecular formula is C9H16N4O2. The van der Waals surface area contributed by atoms with Gasteiger partial charge in [0.2, 0.25) is 6.41 Å². The van der Waals surface area contributed by atoms with Crippen LogP contribution in [0.2, 0.25) is 0 Å². The van der Waals surface area contributed by atoms with Crippen LogP contribution < -0.4 is 11.1 Å². The molecule has 0 aliphatic carbocycles. The molecule has 1 unspecified atom stereocenters. The zero-order chi connectivity index (χ0) is 11.3. The quantitative estimate of drug-likeness (QED) is 0.374. The Bertz CT molecular complexity index is 273. The third-order valence-electron chi connectivity index (χ3n) is 2.21. The average molecular weight is 212 g/mol. The summed E-state index contributed by atoms with van der Waals surface area (Å²) in [6.45, 7) is 2.86. The van der Waals surface area contributed by atoms with Crippen LogP contribution in [0.1, 0.15) is 19.8 Å². The Balaban J connectivity index is 2.41. The lowest BCUT2D eigenvalue weighted by Gasteiger charge is -2.29. The molecule has 3 N–H and O–H groups in total. The standard InChI is InChI=1S/C9H16N4O2/c1-7(10)11-9(15)12-8-3-2-4-13(5-8)6-14/h6,8H,2-5H2,1H3,(H3,10,11,12,15). The van der Waals surface area contributed by atoms with Crippen molar-refractivity contribution in [1.82, 2.24) is 10.2 Å². The maximum absolute atomic E-state index is 11.2. The number of likely N-dealkylation sites (tertiary alicyclic amines) is 1. The number of aliphatic imine (C=N–C) groups is 1. The molecule has 0 saturated carbocycles. The van der Waals surface area contributed by atoms with E-state index in [9.17, 15) is 9.59 Å². The number of nitrogens with two attached hydrogens (primary N) is 1. The minimum Gasteiger partial charge on any atom is -0.387 e. The first-order valence-electron chi connectivity index (χ1n) is 4.92. The van der Waals surface area contributed by atoms with Crippen LogP contribution in [0.5, 0.6) is 0 Å². The fourth-order valence-electron chi connectivity index (χ4n) is 1.59. The van der Waals surface area contributed by atoms with Gasteiger partial charge < -0.3 is 16.0 Å². The summed E-state index contributed by atoms with van der Waals surface area (Å²) in [4.78, 5) is 27.0. The molecular weight excluding hydrogens is 196 g/mol. The third-order valence-corrected chi connectivity index (χ3v) is 2.21. The molecule has 84 valence electrons. The first kappa shape index (κ1) is 11.5. The second-order valence-corrected chi connectivity index (χ2v) is 3.64. The number of carbonyl (C=O) groups excluding carboxylic acids is 2. The first-order chi connectivity index (χ1) is 7.11. The van der Waals surface area contributed by atoms with Gasteiger partial charge in [-0.25, -0.2) is 4.79 Å². The molecule has 15 heavy (non-hydrogen) atoms. The van der Waals surface area contributed by atoms with Gasteiger partial charge in [-0.05, 0) is 19.8 Å². The molecule has 1 heterocycles. The molecule has 1 rings (SSSR count). The van der Waals surface area contributed by atoms with E-state index in [0.29, 0.717) is 6.54 Å². The fraction of sp³-hybridized carbons (Fsp3) is 0.667. The molecule has 0 bridgehead atoms. The van der Waals surface area contributed by atoms with Crippen LogP contribution in [-0.4, -0.2) is 42.3 Å². The van der Waals surface area contributed by atoms with E-state index in [-0.39, 0.29) is 11.9 Å². The van der Waals surface area contributed by atoms with Gasteiger partial charge in [-0.15, -0.1) is 0 Å². The highest BCUT2D eigenvalue weighted by atomic mass is 16.2. The highest BCUT2D eigenvalue weighted by Gasteiger charge is 2.19. The molecule has 0 spiro atoms. The summed E-state index contributed by atoms with van der Waals surface area (Å²) in [5.74, 6) is 0.232. The second-order valence-electron chi connectivity index (χ2n) is 3.64. The van der Waals surface area contributed by atoms with Gasteiger partial charge >= 0.3 is 6.03 Å². The van der Waals surface area contributed by atoms with Gasteiger partial charge in [0.15, 0.2) is 0 Å². The van der Waals surface area contributed by atoms with E-state index >= 15 is 0 Å². The van der Waals surface area contributed by atoms with Crippen LogP contribution >= 0.6 is 0 Å². The number of carbonyl (C=O) groups is 2. The van der Waals surface area contributed by atoms with Gasteiger partial charge in [0, 0.05) is 19.1 Å². The summed E-state index contributed by atoms with van der Waals surface area (Å²) in [6, 6.07) is -0.452. The number of nitrogens with zero attached hydrogens (tertiary/aromatic N) is 2. The molecule has 0 aromatic carbocycles. The Morgan fingerprint density at radius 1 is 1.67 bits per heavy atom. The van der Waals surface area contributed by atoms with Gasteiger partial charge in [-0.2, -0.15) is 4.99 Å². The lowest BCUT2D eigenvalue weighted by molar-refractivity contribution is -0.119. The van der Waals surface area contributed by atoms with E-state index in [4.69, 9.17) is 5.73 Å². The van der Waals surface area contributed by atoms with Crippen LogP contribution in [0.4, 0.5) is 4.79 Å². The minimum atomic E-state index is -0.437. The van der Waals surface area contributed by atoms with Crippen LogP contribution in [-0.2, 0) is 4.79 Å². The van der Waals surface area contributed by atoms with E-state index in [1.54, 1.807) is 11.8 Å². The summed E-state index contributed by atoms with van der Waals surface area (Å²) in [7, 11) is 0. The molecule has 6 heteroatoms. The van der Waals surface area contributed by atoms with Crippen molar-refractivity contribution in [2.75, 3.05) is 13.1 Å². The molecule has 1 aliphatic rings. The van der Waals surface area contributed by atoms with Crippen molar-refractivity contribution in [1.29, 1.82) is 0 Å². The summed E-state index contributed by atoms with van der Waals surface area (Å²) >= 11 is 0. The van der Waals surface area contributed by atoms with Gasteiger partial charge in [0.05, 0.1) is 0 Å². The number of hydrogen-bond donors (Lipinski definition) is 2. The summed E-state index contributed by atoms with van der Waals surface area (Å²) in [5.41, 5.74) is 5.27. The molecule has 1 aliphatic heterocycles. The number of amidine groups is 1. The fourth-order valence-corrected chi connectivity index (χ4v) is 1.59. The number of amides is 3. The molecule has 1 fully saturated rings. The second kappa shape index (κ2) is 5.33. The van der Waals surface area contributed by atoms with Crippen molar-refractivity contribution in [2.45, 2.75) is 25.8 Å². The number of rotatable bonds is 2. The lowest BCUT2D eigenvalue weighted by atomic mass is 10.1. The highest BCUT2D eigenvalue weighted by molar-refractivity contribution is 5.91. The number of piperidine rings is 1. The normalized spacial score (nSPS) is 22.3. The summed E-state index contributed by atoms with van der Waals surface area (Å²) < 4.78 is 0. The first-order valence-corrected chi connectivity index (χ1v) is 4.92. The Morgan fingerprint density at radius 3 is 3.00 bits per heavy atom. The zero-order valence-electron chi connectivity index (χ0n) is 8.77. The Morgan fingerprint density at radius 2 is 2.40 bits per heavy atom. The largest absolute Gasteiger partial charge is 0.387 e. The van der Waals surface area contributed by atoms with Crippen molar-refractivity contribution in [3.05, 3.63) is 0 Å². The SMILES string of the molecule is CC(N)=NC(=O)NC1CCCN(C=O)C1. The number of nitrogens with one attached hydrogen (secondary N) is 1. The monoisotopic (exact) mass is 212 g/mol. The third kappa shape index (κ3) is 3.97. The zero-order valence-corrected chi connectivity index (χ0v) is 8.77. The van der Waals surface area contributed by atoms with E-state index in [1.165, 1.54) is 0 Å². The van der Waals surface area contributed by atoms with Crippen molar-refractivity contribution in [3.8, 4) is 0 Å². The molecule has 1 saturated heterocycles. The van der Waals surface area contributed by atoms with Crippen molar-refractivity contribution in [2.24, 2.45) is 10.7 Å². The van der Waals surface area contributed by atoms with Gasteiger partial charge in [-0.1, -0.05) is 0 Å². The average Bonchev–Trinajstić information content (AvgIpc) is 2.16. The van der Waals surface area contributed by atoms with Crippen molar-refractivity contribution >= 4 is 18.3 Å². The van der Waals surface area contributed by atoms with Crippen molar-refractivity contribution in [3.63, 3.8) is 0 Å². The van der Waals surface area contributed by atoms with E-state index in [2.05, 4.69) is 10.3 Å². The Hall–Kier alpha value is -1.59. The molecule has 0 radical (unpaired) electrons. The predicted octanol–water partition coefficient (Wildman–Crippen LogP) is -0.306. The molecule has 6 nitrogen and oxygen atoms in total.